The number of anilines is 1. The van der Waals surface area contributed by atoms with Gasteiger partial charge < -0.3 is 5.32 Å². The van der Waals surface area contributed by atoms with Crippen molar-refractivity contribution in [1.29, 1.82) is 0 Å². The molecule has 3 aliphatic carbocycles. The SMILES string of the molecule is CC1(C(=O)Nc2nc(-c3ccc(F)c4ccccc34)cs2)CC2C(=O)CC1c1ccccc12. The molecule has 164 valence electrons. The summed E-state index contributed by atoms with van der Waals surface area (Å²) in [5, 5.41) is 6.73. The number of aromatic nitrogens is 1. The molecule has 1 fully saturated rings. The first-order chi connectivity index (χ1) is 16.0. The number of nitrogens with zero attached hydrogens (tertiary/aromatic N) is 1. The maximum absolute atomic E-state index is 14.2. The normalized spacial score (nSPS) is 23.5. The lowest BCUT2D eigenvalue weighted by molar-refractivity contribution is -0.134. The first-order valence-corrected chi connectivity index (χ1v) is 11.9. The second-order valence-electron chi connectivity index (χ2n) is 9.16. The van der Waals surface area contributed by atoms with E-state index in [0.29, 0.717) is 29.1 Å². The van der Waals surface area contributed by atoms with Crippen molar-refractivity contribution in [2.24, 2.45) is 5.41 Å². The molecule has 4 nitrogen and oxygen atoms in total. The van der Waals surface area contributed by atoms with Crippen molar-refractivity contribution >= 4 is 38.9 Å². The van der Waals surface area contributed by atoms with Gasteiger partial charge in [0.25, 0.3) is 0 Å². The number of hydrogen-bond acceptors (Lipinski definition) is 4. The molecule has 3 atom stereocenters. The Labute approximate surface area is 194 Å². The number of carbonyl (C=O) groups is 2. The van der Waals surface area contributed by atoms with E-state index < -0.39 is 5.41 Å². The van der Waals surface area contributed by atoms with Gasteiger partial charge in [0.2, 0.25) is 5.91 Å². The molecular weight excluding hydrogens is 435 g/mol. The Balaban J connectivity index is 1.30. The third kappa shape index (κ3) is 3.04. The number of carbonyl (C=O) groups excluding carboxylic acids is 2. The van der Waals surface area contributed by atoms with E-state index in [9.17, 15) is 14.0 Å². The molecule has 7 rings (SSSR count). The van der Waals surface area contributed by atoms with Crippen molar-refractivity contribution in [2.45, 2.75) is 31.6 Å². The number of amides is 1. The maximum atomic E-state index is 14.2. The lowest BCUT2D eigenvalue weighted by Crippen LogP contribution is -2.49. The minimum Gasteiger partial charge on any atom is -0.301 e. The fraction of sp³-hybridized carbons (Fsp3) is 0.222. The predicted octanol–water partition coefficient (Wildman–Crippen LogP) is 6.29. The summed E-state index contributed by atoms with van der Waals surface area (Å²) < 4.78 is 14.2. The summed E-state index contributed by atoms with van der Waals surface area (Å²) in [5.41, 5.74) is 3.03. The molecule has 0 saturated heterocycles. The molecule has 2 bridgehead atoms. The van der Waals surface area contributed by atoms with Crippen LogP contribution in [0.5, 0.6) is 0 Å². The molecule has 1 saturated carbocycles. The predicted molar refractivity (Wildman–Crippen MR) is 128 cm³/mol. The van der Waals surface area contributed by atoms with Crippen LogP contribution >= 0.6 is 11.3 Å². The van der Waals surface area contributed by atoms with Crippen LogP contribution in [0, 0.1) is 11.2 Å². The lowest BCUT2D eigenvalue weighted by Gasteiger charge is -2.48. The van der Waals surface area contributed by atoms with Gasteiger partial charge in [-0.25, -0.2) is 9.37 Å². The van der Waals surface area contributed by atoms with Crippen molar-refractivity contribution < 1.29 is 14.0 Å². The number of ketones is 1. The van der Waals surface area contributed by atoms with Crippen LogP contribution in [0.3, 0.4) is 0 Å². The molecule has 0 radical (unpaired) electrons. The standard InChI is InChI=1S/C27H21FN2O2S/c1-27(13-20-15-6-2-4-8-17(15)21(27)12-24(20)31)25(32)30-26-29-23(14-33-26)19-10-11-22(28)18-9-5-3-7-16(18)19/h2-11,14,20-21H,12-13H2,1H3,(H,29,30,32). The van der Waals surface area contributed by atoms with Crippen molar-refractivity contribution in [3.8, 4) is 11.3 Å². The second-order valence-corrected chi connectivity index (χ2v) is 10.0. The van der Waals surface area contributed by atoms with E-state index in [1.165, 1.54) is 17.4 Å². The number of halogens is 1. The number of fused-ring (bicyclic) bond motifs is 3. The number of nitrogens with one attached hydrogen (secondary N) is 1. The van der Waals surface area contributed by atoms with E-state index in [2.05, 4.69) is 10.3 Å². The van der Waals surface area contributed by atoms with Crippen molar-refractivity contribution in [3.63, 3.8) is 0 Å². The smallest absolute Gasteiger partial charge is 0.232 e. The largest absolute Gasteiger partial charge is 0.301 e. The second kappa shape index (κ2) is 7.32. The first kappa shape index (κ1) is 20.2. The summed E-state index contributed by atoms with van der Waals surface area (Å²) in [6.07, 6.45) is 0.913. The molecule has 6 heteroatoms. The summed E-state index contributed by atoms with van der Waals surface area (Å²) >= 11 is 1.35. The van der Waals surface area contributed by atoms with Crippen molar-refractivity contribution in [1.82, 2.24) is 4.98 Å². The monoisotopic (exact) mass is 456 g/mol. The van der Waals surface area contributed by atoms with Gasteiger partial charge in [-0.3, -0.25) is 9.59 Å². The van der Waals surface area contributed by atoms with Crippen molar-refractivity contribution in [2.75, 3.05) is 5.32 Å². The number of hydrogen-bond donors (Lipinski definition) is 1. The highest BCUT2D eigenvalue weighted by molar-refractivity contribution is 7.14. The van der Waals surface area contributed by atoms with Crippen molar-refractivity contribution in [3.05, 3.63) is 83.0 Å². The van der Waals surface area contributed by atoms with Crippen LogP contribution in [0.4, 0.5) is 9.52 Å². The maximum Gasteiger partial charge on any atom is 0.232 e. The molecule has 0 spiro atoms. The molecule has 1 N–H and O–H groups in total. The highest BCUT2D eigenvalue weighted by Gasteiger charge is 2.54. The van der Waals surface area contributed by atoms with E-state index in [4.69, 9.17) is 0 Å². The van der Waals surface area contributed by atoms with Crippen LogP contribution in [-0.4, -0.2) is 16.7 Å². The number of rotatable bonds is 3. The molecule has 3 unspecified atom stereocenters. The Morgan fingerprint density at radius 3 is 2.61 bits per heavy atom. The quantitative estimate of drug-likeness (QED) is 0.394. The molecule has 1 aromatic heterocycles. The van der Waals surface area contributed by atoms with Gasteiger partial charge >= 0.3 is 0 Å². The summed E-state index contributed by atoms with van der Waals surface area (Å²) in [5.74, 6) is -0.507. The highest BCUT2D eigenvalue weighted by atomic mass is 32.1. The minimum absolute atomic E-state index is 0.107. The molecule has 4 aromatic rings. The molecule has 3 aromatic carbocycles. The molecule has 0 aliphatic heterocycles. The Hall–Kier alpha value is -3.38. The molecule has 1 amide bonds. The van der Waals surface area contributed by atoms with Crippen LogP contribution < -0.4 is 5.32 Å². The highest BCUT2D eigenvalue weighted by Crippen LogP contribution is 2.57. The van der Waals surface area contributed by atoms with Gasteiger partial charge in [0, 0.05) is 34.6 Å². The molecule has 33 heavy (non-hydrogen) atoms. The Morgan fingerprint density at radius 1 is 1.06 bits per heavy atom. The Bertz CT molecular complexity index is 1450. The van der Waals surface area contributed by atoms with Gasteiger partial charge in [0.05, 0.1) is 11.1 Å². The van der Waals surface area contributed by atoms with Crippen LogP contribution in [0.25, 0.3) is 22.0 Å². The fourth-order valence-corrected chi connectivity index (χ4v) is 6.27. The zero-order valence-corrected chi connectivity index (χ0v) is 18.8. The van der Waals surface area contributed by atoms with E-state index in [1.807, 2.05) is 54.8 Å². The lowest BCUT2D eigenvalue weighted by atomic mass is 9.54. The van der Waals surface area contributed by atoms with Crippen LogP contribution in [0.15, 0.2) is 66.0 Å². The van der Waals surface area contributed by atoms with Crippen LogP contribution in [0.2, 0.25) is 0 Å². The van der Waals surface area contributed by atoms with Gasteiger partial charge in [0.1, 0.15) is 11.6 Å². The van der Waals surface area contributed by atoms with E-state index in [1.54, 1.807) is 12.1 Å². The topological polar surface area (TPSA) is 59.1 Å². The molecule has 1 heterocycles. The summed E-state index contributed by atoms with van der Waals surface area (Å²) in [4.78, 5) is 30.7. The Morgan fingerprint density at radius 2 is 1.79 bits per heavy atom. The first-order valence-electron chi connectivity index (χ1n) is 11.0. The molecule has 3 aliphatic rings. The molecular formula is C27H21FN2O2S. The average Bonchev–Trinajstić information content (AvgIpc) is 3.29. The van der Waals surface area contributed by atoms with Gasteiger partial charge in [-0.05, 0) is 35.1 Å². The number of Topliss-reactive ketones (excluding diaryl/α,β-unsaturated/α-hetero) is 1. The summed E-state index contributed by atoms with van der Waals surface area (Å²) in [6.45, 7) is 1.96. The number of benzene rings is 3. The van der Waals surface area contributed by atoms with Crippen LogP contribution in [-0.2, 0) is 9.59 Å². The number of thiazole rings is 1. The van der Waals surface area contributed by atoms with Gasteiger partial charge in [-0.1, -0.05) is 55.5 Å². The third-order valence-electron chi connectivity index (χ3n) is 7.33. The van der Waals surface area contributed by atoms with E-state index in [-0.39, 0.29) is 29.3 Å². The van der Waals surface area contributed by atoms with Gasteiger partial charge in [-0.15, -0.1) is 11.3 Å². The van der Waals surface area contributed by atoms with E-state index in [0.717, 1.165) is 22.1 Å². The average molecular weight is 457 g/mol. The van der Waals surface area contributed by atoms with Gasteiger partial charge in [-0.2, -0.15) is 0 Å². The third-order valence-corrected chi connectivity index (χ3v) is 8.09. The zero-order valence-electron chi connectivity index (χ0n) is 18.0. The van der Waals surface area contributed by atoms with Gasteiger partial charge in [0.15, 0.2) is 5.13 Å². The minimum atomic E-state index is -0.679. The van der Waals surface area contributed by atoms with Crippen LogP contribution in [0.1, 0.15) is 42.7 Å². The summed E-state index contributed by atoms with van der Waals surface area (Å²) in [7, 11) is 0. The zero-order chi connectivity index (χ0) is 22.7. The Kier molecular flexibility index (Phi) is 4.49. The fourth-order valence-electron chi connectivity index (χ4n) is 5.56. The van der Waals surface area contributed by atoms with E-state index >= 15 is 0 Å². The summed E-state index contributed by atoms with van der Waals surface area (Å²) in [6, 6.07) is 18.5.